The number of nitrogens with zero attached hydrogens (tertiary/aromatic N) is 4. The van der Waals surface area contributed by atoms with Gasteiger partial charge < -0.3 is 20.1 Å². The molecular weight excluding hydrogens is 340 g/mol. The number of hydrogen-bond donors (Lipinski definition) is 2. The van der Waals surface area contributed by atoms with Crippen molar-refractivity contribution in [3.8, 4) is 0 Å². The van der Waals surface area contributed by atoms with Gasteiger partial charge in [0.1, 0.15) is 0 Å². The van der Waals surface area contributed by atoms with E-state index < -0.39 is 0 Å². The minimum absolute atomic E-state index is 0.305. The van der Waals surface area contributed by atoms with Crippen LogP contribution in [0.15, 0.2) is 29.5 Å². The molecule has 0 atom stereocenters. The van der Waals surface area contributed by atoms with Crippen molar-refractivity contribution < 1.29 is 4.79 Å². The molecule has 7 heteroatoms. The summed E-state index contributed by atoms with van der Waals surface area (Å²) in [6.45, 7) is 7.29. The van der Waals surface area contributed by atoms with Gasteiger partial charge in [-0.3, -0.25) is 14.7 Å². The van der Waals surface area contributed by atoms with E-state index in [0.29, 0.717) is 11.8 Å². The van der Waals surface area contributed by atoms with Gasteiger partial charge in [-0.2, -0.15) is 0 Å². The van der Waals surface area contributed by atoms with Gasteiger partial charge in [-0.1, -0.05) is 12.8 Å². The van der Waals surface area contributed by atoms with Gasteiger partial charge in [0.25, 0.3) is 0 Å². The Hall–Kier alpha value is -2.02. The zero-order valence-corrected chi connectivity index (χ0v) is 16.6. The van der Waals surface area contributed by atoms with Gasteiger partial charge in [0.15, 0.2) is 5.96 Å². The summed E-state index contributed by atoms with van der Waals surface area (Å²) < 4.78 is 2.15. The van der Waals surface area contributed by atoms with Crippen LogP contribution < -0.4 is 10.6 Å². The Balaban J connectivity index is 1.28. The Morgan fingerprint density at radius 2 is 1.63 bits per heavy atom. The SMILES string of the molecule is CN=C(NCCN1CCN(C(=O)C2CCCC2)CC1)NCCn1cccc1. The highest BCUT2D eigenvalue weighted by atomic mass is 16.2. The first-order chi connectivity index (χ1) is 13.3. The van der Waals surface area contributed by atoms with Crippen molar-refractivity contribution in [2.75, 3.05) is 52.9 Å². The van der Waals surface area contributed by atoms with Gasteiger partial charge in [0.2, 0.25) is 5.91 Å². The monoisotopic (exact) mass is 374 g/mol. The normalized spacial score (nSPS) is 19.4. The first kappa shape index (κ1) is 19.7. The van der Waals surface area contributed by atoms with Gasteiger partial charge in [0.05, 0.1) is 0 Å². The topological polar surface area (TPSA) is 64.9 Å². The van der Waals surface area contributed by atoms with Crippen LogP contribution in [0.25, 0.3) is 0 Å². The molecule has 0 bridgehead atoms. The molecule has 1 saturated carbocycles. The number of carbonyl (C=O) groups excluding carboxylic acids is 1. The molecule has 0 unspecified atom stereocenters. The van der Waals surface area contributed by atoms with E-state index in [4.69, 9.17) is 0 Å². The molecule has 1 saturated heterocycles. The molecule has 27 heavy (non-hydrogen) atoms. The van der Waals surface area contributed by atoms with Crippen molar-refractivity contribution >= 4 is 11.9 Å². The molecule has 1 aliphatic heterocycles. The van der Waals surface area contributed by atoms with Gasteiger partial charge in [-0.25, -0.2) is 0 Å². The lowest BCUT2D eigenvalue weighted by Gasteiger charge is -2.36. The summed E-state index contributed by atoms with van der Waals surface area (Å²) in [6, 6.07) is 4.07. The number of piperazine rings is 1. The fraction of sp³-hybridized carbons (Fsp3) is 0.700. The second-order valence-corrected chi connectivity index (χ2v) is 7.49. The minimum Gasteiger partial charge on any atom is -0.355 e. The maximum absolute atomic E-state index is 12.5. The summed E-state index contributed by atoms with van der Waals surface area (Å²) >= 11 is 0. The van der Waals surface area contributed by atoms with Crippen molar-refractivity contribution in [2.24, 2.45) is 10.9 Å². The molecule has 0 aromatic carbocycles. The highest BCUT2D eigenvalue weighted by molar-refractivity contribution is 5.79. The standard InChI is InChI=1S/C20H34N6O/c1-21-20(22-8-12-24-10-4-5-11-24)23-9-13-25-14-16-26(17-15-25)19(27)18-6-2-3-7-18/h4-5,10-11,18H,2-3,6-9,12-17H2,1H3,(H2,21,22,23). The summed E-state index contributed by atoms with van der Waals surface area (Å²) in [5.74, 6) is 1.55. The third kappa shape index (κ3) is 5.99. The van der Waals surface area contributed by atoms with E-state index in [1.165, 1.54) is 12.8 Å². The van der Waals surface area contributed by atoms with E-state index in [1.807, 2.05) is 12.1 Å². The molecule has 1 amide bonds. The summed E-state index contributed by atoms with van der Waals surface area (Å²) in [6.07, 6.45) is 8.77. The highest BCUT2D eigenvalue weighted by Crippen LogP contribution is 2.26. The fourth-order valence-corrected chi connectivity index (χ4v) is 4.00. The van der Waals surface area contributed by atoms with Crippen molar-refractivity contribution in [1.82, 2.24) is 25.0 Å². The van der Waals surface area contributed by atoms with Crippen LogP contribution in [0.5, 0.6) is 0 Å². The summed E-state index contributed by atoms with van der Waals surface area (Å²) in [7, 11) is 1.80. The van der Waals surface area contributed by atoms with Crippen LogP contribution in [0.1, 0.15) is 25.7 Å². The Morgan fingerprint density at radius 1 is 1.00 bits per heavy atom. The fourth-order valence-electron chi connectivity index (χ4n) is 4.00. The molecule has 1 aromatic rings. The number of amides is 1. The number of nitrogens with one attached hydrogen (secondary N) is 2. The molecule has 7 nitrogen and oxygen atoms in total. The lowest BCUT2D eigenvalue weighted by molar-refractivity contribution is -0.137. The molecule has 1 aliphatic carbocycles. The van der Waals surface area contributed by atoms with Crippen LogP contribution in [0, 0.1) is 5.92 Å². The number of aromatic nitrogens is 1. The predicted molar refractivity (Wildman–Crippen MR) is 109 cm³/mol. The zero-order chi connectivity index (χ0) is 18.9. The molecule has 2 heterocycles. The van der Waals surface area contributed by atoms with Crippen LogP contribution in [0.2, 0.25) is 0 Å². The van der Waals surface area contributed by atoms with Crippen molar-refractivity contribution in [1.29, 1.82) is 0 Å². The van der Waals surface area contributed by atoms with Crippen molar-refractivity contribution in [2.45, 2.75) is 32.2 Å². The first-order valence-corrected chi connectivity index (χ1v) is 10.3. The molecule has 3 rings (SSSR count). The smallest absolute Gasteiger partial charge is 0.225 e. The Bertz CT molecular complexity index is 586. The Morgan fingerprint density at radius 3 is 2.26 bits per heavy atom. The van der Waals surface area contributed by atoms with Crippen LogP contribution >= 0.6 is 0 Å². The number of carbonyl (C=O) groups is 1. The second kappa shape index (κ2) is 10.3. The molecule has 2 fully saturated rings. The van der Waals surface area contributed by atoms with Gasteiger partial charge in [-0.05, 0) is 25.0 Å². The molecule has 1 aromatic heterocycles. The highest BCUT2D eigenvalue weighted by Gasteiger charge is 2.29. The molecule has 0 radical (unpaired) electrons. The van der Waals surface area contributed by atoms with Gasteiger partial charge >= 0.3 is 0 Å². The van der Waals surface area contributed by atoms with E-state index in [-0.39, 0.29) is 0 Å². The van der Waals surface area contributed by atoms with Gasteiger partial charge in [0, 0.05) is 77.7 Å². The van der Waals surface area contributed by atoms with Crippen LogP contribution in [0.3, 0.4) is 0 Å². The average molecular weight is 375 g/mol. The van der Waals surface area contributed by atoms with Crippen LogP contribution in [0.4, 0.5) is 0 Å². The number of guanidine groups is 1. The lowest BCUT2D eigenvalue weighted by Crippen LogP contribution is -2.52. The molecule has 2 N–H and O–H groups in total. The van der Waals surface area contributed by atoms with E-state index in [1.54, 1.807) is 7.05 Å². The summed E-state index contributed by atoms with van der Waals surface area (Å²) in [4.78, 5) is 21.3. The predicted octanol–water partition coefficient (Wildman–Crippen LogP) is 0.988. The largest absolute Gasteiger partial charge is 0.355 e. The Kier molecular flexibility index (Phi) is 7.56. The minimum atomic E-state index is 0.305. The van der Waals surface area contributed by atoms with Crippen molar-refractivity contribution in [3.63, 3.8) is 0 Å². The number of hydrogen-bond acceptors (Lipinski definition) is 3. The Labute approximate surface area is 162 Å². The zero-order valence-electron chi connectivity index (χ0n) is 16.6. The quantitative estimate of drug-likeness (QED) is 0.552. The third-order valence-corrected chi connectivity index (χ3v) is 5.66. The molecule has 150 valence electrons. The number of aliphatic imine (C=N–C) groups is 1. The maximum atomic E-state index is 12.5. The molecular formula is C20H34N6O. The van der Waals surface area contributed by atoms with Crippen molar-refractivity contribution in [3.05, 3.63) is 24.5 Å². The first-order valence-electron chi connectivity index (χ1n) is 10.3. The van der Waals surface area contributed by atoms with E-state index in [0.717, 1.165) is 71.2 Å². The average Bonchev–Trinajstić information content (AvgIpc) is 3.41. The molecule has 2 aliphatic rings. The molecule has 0 spiro atoms. The van der Waals surface area contributed by atoms with E-state index in [9.17, 15) is 4.79 Å². The van der Waals surface area contributed by atoms with Crippen LogP contribution in [-0.2, 0) is 11.3 Å². The van der Waals surface area contributed by atoms with E-state index >= 15 is 0 Å². The summed E-state index contributed by atoms with van der Waals surface area (Å²) in [5.41, 5.74) is 0. The maximum Gasteiger partial charge on any atom is 0.225 e. The number of rotatable bonds is 7. The lowest BCUT2D eigenvalue weighted by atomic mass is 10.1. The van der Waals surface area contributed by atoms with E-state index in [2.05, 4.69) is 42.4 Å². The van der Waals surface area contributed by atoms with Gasteiger partial charge in [-0.15, -0.1) is 0 Å². The second-order valence-electron chi connectivity index (χ2n) is 7.49. The summed E-state index contributed by atoms with van der Waals surface area (Å²) in [5, 5.41) is 6.73. The third-order valence-electron chi connectivity index (χ3n) is 5.66. The van der Waals surface area contributed by atoms with Crippen LogP contribution in [-0.4, -0.2) is 79.1 Å².